The van der Waals surface area contributed by atoms with Crippen molar-refractivity contribution >= 4 is 12.1 Å². The van der Waals surface area contributed by atoms with E-state index >= 15 is 0 Å². The molecule has 1 aromatic carbocycles. The lowest BCUT2D eigenvalue weighted by Crippen LogP contribution is -2.13. The summed E-state index contributed by atoms with van der Waals surface area (Å²) in [6, 6.07) is 7.66. The average molecular weight is 178 g/mol. The van der Waals surface area contributed by atoms with E-state index in [9.17, 15) is 4.79 Å². The molecule has 0 aliphatic rings. The van der Waals surface area contributed by atoms with E-state index in [2.05, 4.69) is 0 Å². The number of nitrogens with zero attached hydrogens (tertiary/aromatic N) is 1. The van der Waals surface area contributed by atoms with Gasteiger partial charge in [0, 0.05) is 18.8 Å². The first-order valence-corrected chi connectivity index (χ1v) is 4.19. The Bertz CT molecular complexity index is 279. The van der Waals surface area contributed by atoms with E-state index in [0.29, 0.717) is 0 Å². The third-order valence-corrected chi connectivity index (χ3v) is 1.98. The normalized spacial score (nSPS) is 12.2. The van der Waals surface area contributed by atoms with Crippen molar-refractivity contribution in [3.05, 3.63) is 29.8 Å². The molecule has 1 atom stereocenters. The summed E-state index contributed by atoms with van der Waals surface area (Å²) in [5.74, 6) is 0. The summed E-state index contributed by atoms with van der Waals surface area (Å²) in [6.07, 6.45) is 0.779. The van der Waals surface area contributed by atoms with Gasteiger partial charge < -0.3 is 10.6 Å². The zero-order valence-corrected chi connectivity index (χ0v) is 7.90. The average Bonchev–Trinajstić information content (AvgIpc) is 2.17. The second kappa shape index (κ2) is 4.05. The maximum absolute atomic E-state index is 10.4. The molecule has 3 heteroatoms. The van der Waals surface area contributed by atoms with Gasteiger partial charge in [-0.25, -0.2) is 0 Å². The van der Waals surface area contributed by atoms with E-state index in [1.807, 2.05) is 31.2 Å². The van der Waals surface area contributed by atoms with Gasteiger partial charge in [0.1, 0.15) is 0 Å². The van der Waals surface area contributed by atoms with E-state index in [-0.39, 0.29) is 6.04 Å². The van der Waals surface area contributed by atoms with Crippen molar-refractivity contribution in [2.45, 2.75) is 13.0 Å². The zero-order valence-electron chi connectivity index (χ0n) is 7.90. The van der Waals surface area contributed by atoms with Crippen LogP contribution in [0.1, 0.15) is 18.5 Å². The molecular formula is C10H14N2O. The number of rotatable bonds is 3. The molecule has 1 amide bonds. The Labute approximate surface area is 78.2 Å². The fraction of sp³-hybridized carbons (Fsp3) is 0.300. The van der Waals surface area contributed by atoms with Crippen molar-refractivity contribution in [3.63, 3.8) is 0 Å². The van der Waals surface area contributed by atoms with E-state index < -0.39 is 0 Å². The molecule has 0 heterocycles. The Balaban J connectivity index is 2.87. The maximum atomic E-state index is 10.4. The van der Waals surface area contributed by atoms with Crippen LogP contribution in [-0.4, -0.2) is 13.5 Å². The SMILES string of the molecule is C[C@H](N)c1ccc(N(C)C=O)cc1. The summed E-state index contributed by atoms with van der Waals surface area (Å²) in [5.41, 5.74) is 7.64. The van der Waals surface area contributed by atoms with Crippen LogP contribution in [0.5, 0.6) is 0 Å². The summed E-state index contributed by atoms with van der Waals surface area (Å²) < 4.78 is 0. The van der Waals surface area contributed by atoms with Gasteiger partial charge in [0.15, 0.2) is 0 Å². The van der Waals surface area contributed by atoms with Gasteiger partial charge in [-0.2, -0.15) is 0 Å². The van der Waals surface area contributed by atoms with Crippen LogP contribution in [0.4, 0.5) is 5.69 Å². The minimum atomic E-state index is 0.0376. The molecule has 0 bridgehead atoms. The van der Waals surface area contributed by atoms with E-state index in [4.69, 9.17) is 5.73 Å². The van der Waals surface area contributed by atoms with Gasteiger partial charge in [-0.3, -0.25) is 4.79 Å². The number of hydrogen-bond donors (Lipinski definition) is 1. The molecule has 13 heavy (non-hydrogen) atoms. The minimum absolute atomic E-state index is 0.0376. The molecule has 0 aliphatic carbocycles. The molecule has 0 unspecified atom stereocenters. The van der Waals surface area contributed by atoms with Crippen molar-refractivity contribution in [1.29, 1.82) is 0 Å². The van der Waals surface area contributed by atoms with Crippen molar-refractivity contribution in [2.24, 2.45) is 5.73 Å². The van der Waals surface area contributed by atoms with Gasteiger partial charge >= 0.3 is 0 Å². The van der Waals surface area contributed by atoms with E-state index in [1.54, 1.807) is 7.05 Å². The number of carbonyl (C=O) groups is 1. The quantitative estimate of drug-likeness (QED) is 0.709. The fourth-order valence-electron chi connectivity index (χ4n) is 1.07. The second-order valence-corrected chi connectivity index (χ2v) is 3.10. The molecule has 0 radical (unpaired) electrons. The predicted octanol–water partition coefficient (Wildman–Crippen LogP) is 1.30. The lowest BCUT2D eigenvalue weighted by molar-refractivity contribution is -0.107. The molecular weight excluding hydrogens is 164 g/mol. The third-order valence-electron chi connectivity index (χ3n) is 1.98. The standard InChI is InChI=1S/C10H14N2O/c1-8(11)9-3-5-10(6-4-9)12(2)7-13/h3-8H,11H2,1-2H3/t8-/m0/s1. The fourth-order valence-corrected chi connectivity index (χ4v) is 1.07. The number of nitrogens with two attached hydrogens (primary N) is 1. The largest absolute Gasteiger partial charge is 0.324 e. The van der Waals surface area contributed by atoms with Crippen LogP contribution in [0.2, 0.25) is 0 Å². The Hall–Kier alpha value is -1.35. The highest BCUT2D eigenvalue weighted by Crippen LogP contribution is 2.15. The second-order valence-electron chi connectivity index (χ2n) is 3.10. The smallest absolute Gasteiger partial charge is 0.213 e. The predicted molar refractivity (Wildman–Crippen MR) is 53.5 cm³/mol. The molecule has 0 saturated carbocycles. The summed E-state index contributed by atoms with van der Waals surface area (Å²) in [7, 11) is 1.72. The lowest BCUT2D eigenvalue weighted by atomic mass is 10.1. The molecule has 0 spiro atoms. The van der Waals surface area contributed by atoms with Crippen LogP contribution in [0.15, 0.2) is 24.3 Å². The van der Waals surface area contributed by atoms with Crippen LogP contribution in [0.3, 0.4) is 0 Å². The summed E-state index contributed by atoms with van der Waals surface area (Å²) in [4.78, 5) is 11.9. The van der Waals surface area contributed by atoms with Crippen molar-refractivity contribution in [2.75, 3.05) is 11.9 Å². The van der Waals surface area contributed by atoms with Crippen molar-refractivity contribution in [3.8, 4) is 0 Å². The lowest BCUT2D eigenvalue weighted by Gasteiger charge is -2.12. The number of amides is 1. The molecule has 0 fully saturated rings. The minimum Gasteiger partial charge on any atom is -0.324 e. The van der Waals surface area contributed by atoms with Gasteiger partial charge in [0.2, 0.25) is 6.41 Å². The Morgan fingerprint density at radius 2 is 1.92 bits per heavy atom. The van der Waals surface area contributed by atoms with Crippen molar-refractivity contribution < 1.29 is 4.79 Å². The number of carbonyl (C=O) groups excluding carboxylic acids is 1. The molecule has 0 aromatic heterocycles. The highest BCUT2D eigenvalue weighted by Gasteiger charge is 2.00. The first kappa shape index (κ1) is 9.74. The van der Waals surface area contributed by atoms with Gasteiger partial charge in [-0.1, -0.05) is 12.1 Å². The van der Waals surface area contributed by atoms with E-state index in [0.717, 1.165) is 17.7 Å². The van der Waals surface area contributed by atoms with Gasteiger partial charge in [0.25, 0.3) is 0 Å². The topological polar surface area (TPSA) is 46.3 Å². The monoisotopic (exact) mass is 178 g/mol. The van der Waals surface area contributed by atoms with Crippen LogP contribution >= 0.6 is 0 Å². The maximum Gasteiger partial charge on any atom is 0.213 e. The number of hydrogen-bond acceptors (Lipinski definition) is 2. The highest BCUT2D eigenvalue weighted by atomic mass is 16.1. The van der Waals surface area contributed by atoms with Crippen LogP contribution < -0.4 is 10.6 Å². The molecule has 70 valence electrons. The molecule has 3 nitrogen and oxygen atoms in total. The molecule has 2 N–H and O–H groups in total. The van der Waals surface area contributed by atoms with Crippen LogP contribution in [-0.2, 0) is 4.79 Å². The van der Waals surface area contributed by atoms with Crippen LogP contribution in [0, 0.1) is 0 Å². The summed E-state index contributed by atoms with van der Waals surface area (Å²) in [6.45, 7) is 1.93. The van der Waals surface area contributed by atoms with Crippen LogP contribution in [0.25, 0.3) is 0 Å². The highest BCUT2D eigenvalue weighted by molar-refractivity contribution is 5.74. The Kier molecular flexibility index (Phi) is 3.03. The van der Waals surface area contributed by atoms with E-state index in [1.165, 1.54) is 4.90 Å². The molecule has 0 saturated heterocycles. The Morgan fingerprint density at radius 3 is 2.31 bits per heavy atom. The summed E-state index contributed by atoms with van der Waals surface area (Å²) in [5, 5.41) is 0. The number of anilines is 1. The molecule has 1 aromatic rings. The van der Waals surface area contributed by atoms with Gasteiger partial charge in [0.05, 0.1) is 0 Å². The molecule has 1 rings (SSSR count). The zero-order chi connectivity index (χ0) is 9.84. The van der Waals surface area contributed by atoms with Gasteiger partial charge in [-0.15, -0.1) is 0 Å². The number of benzene rings is 1. The summed E-state index contributed by atoms with van der Waals surface area (Å²) >= 11 is 0. The third kappa shape index (κ3) is 2.29. The van der Waals surface area contributed by atoms with Gasteiger partial charge in [-0.05, 0) is 24.6 Å². The first-order chi connectivity index (χ1) is 6.15. The first-order valence-electron chi connectivity index (χ1n) is 4.19. The Morgan fingerprint density at radius 1 is 1.38 bits per heavy atom. The van der Waals surface area contributed by atoms with Crippen molar-refractivity contribution in [1.82, 2.24) is 0 Å². The molecule has 0 aliphatic heterocycles.